The Labute approximate surface area is 89.0 Å². The maximum Gasteiger partial charge on any atom is 0.0250 e. The van der Waals surface area contributed by atoms with Crippen LogP contribution in [0.15, 0.2) is 12.2 Å². The van der Waals surface area contributed by atoms with E-state index in [9.17, 15) is 0 Å². The first kappa shape index (κ1) is 11.8. The second kappa shape index (κ2) is 8.05. The van der Waals surface area contributed by atoms with E-state index in [2.05, 4.69) is 24.4 Å². The lowest BCUT2D eigenvalue weighted by molar-refractivity contribution is 0.501. The van der Waals surface area contributed by atoms with Crippen LogP contribution in [0.1, 0.15) is 58.3 Å². The maximum atomic E-state index is 3.61. The van der Waals surface area contributed by atoms with E-state index in [0.717, 1.165) is 0 Å². The van der Waals surface area contributed by atoms with Crippen LogP contribution in [0.2, 0.25) is 0 Å². The minimum absolute atomic E-state index is 0.676. The molecule has 0 bridgehead atoms. The lowest BCUT2D eigenvalue weighted by atomic mass is 10.0. The lowest BCUT2D eigenvalue weighted by Gasteiger charge is -2.17. The molecule has 1 atom stereocenters. The van der Waals surface area contributed by atoms with E-state index in [1.54, 1.807) is 0 Å². The van der Waals surface area contributed by atoms with Crippen LogP contribution >= 0.6 is 0 Å². The Morgan fingerprint density at radius 1 is 1.21 bits per heavy atom. The van der Waals surface area contributed by atoms with Crippen molar-refractivity contribution in [3.63, 3.8) is 0 Å². The van der Waals surface area contributed by atoms with Gasteiger partial charge >= 0.3 is 0 Å². The molecule has 0 heterocycles. The molecular formula is C13H25N. The van der Waals surface area contributed by atoms with Gasteiger partial charge in [0.1, 0.15) is 0 Å². The number of hydrogen-bond acceptors (Lipinski definition) is 1. The summed E-state index contributed by atoms with van der Waals surface area (Å²) in [6.07, 6.45) is 15.6. The summed E-state index contributed by atoms with van der Waals surface area (Å²) < 4.78 is 0. The summed E-state index contributed by atoms with van der Waals surface area (Å²) in [5, 5.41) is 3.61. The van der Waals surface area contributed by atoms with E-state index in [-0.39, 0.29) is 0 Å². The average molecular weight is 195 g/mol. The molecular weight excluding hydrogens is 170 g/mol. The molecule has 0 fully saturated rings. The topological polar surface area (TPSA) is 12.0 Å². The van der Waals surface area contributed by atoms with Crippen molar-refractivity contribution in [3.05, 3.63) is 12.2 Å². The predicted octanol–water partition coefficient (Wildman–Crippen LogP) is 3.66. The van der Waals surface area contributed by atoms with Crippen molar-refractivity contribution in [1.29, 1.82) is 0 Å². The van der Waals surface area contributed by atoms with Gasteiger partial charge in [0.2, 0.25) is 0 Å². The second-order valence-corrected chi connectivity index (χ2v) is 4.33. The van der Waals surface area contributed by atoms with Crippen LogP contribution in [0.5, 0.6) is 0 Å². The smallest absolute Gasteiger partial charge is 0.0250 e. The molecule has 0 aromatic carbocycles. The van der Waals surface area contributed by atoms with Gasteiger partial charge in [-0.05, 0) is 32.2 Å². The van der Waals surface area contributed by atoms with Crippen LogP contribution in [-0.4, -0.2) is 12.6 Å². The Morgan fingerprint density at radius 3 is 2.79 bits per heavy atom. The number of allylic oxidation sites excluding steroid dienone is 1. The van der Waals surface area contributed by atoms with Crippen molar-refractivity contribution in [1.82, 2.24) is 5.32 Å². The van der Waals surface area contributed by atoms with E-state index >= 15 is 0 Å². The minimum Gasteiger partial charge on any atom is -0.311 e. The van der Waals surface area contributed by atoms with Gasteiger partial charge in [0, 0.05) is 6.04 Å². The van der Waals surface area contributed by atoms with Crippen molar-refractivity contribution in [2.75, 3.05) is 6.54 Å². The number of nitrogens with one attached hydrogen (secondary N) is 1. The van der Waals surface area contributed by atoms with Crippen molar-refractivity contribution >= 4 is 0 Å². The van der Waals surface area contributed by atoms with Gasteiger partial charge in [0.25, 0.3) is 0 Å². The molecule has 14 heavy (non-hydrogen) atoms. The quantitative estimate of drug-likeness (QED) is 0.483. The van der Waals surface area contributed by atoms with Crippen molar-refractivity contribution < 1.29 is 0 Å². The fourth-order valence-electron chi connectivity index (χ4n) is 2.00. The van der Waals surface area contributed by atoms with Gasteiger partial charge < -0.3 is 5.32 Å². The maximum absolute atomic E-state index is 3.61. The SMILES string of the molecule is CCCCCCCN[C@@H]1C=CCCC1. The molecule has 1 aliphatic carbocycles. The molecule has 0 radical (unpaired) electrons. The van der Waals surface area contributed by atoms with Gasteiger partial charge in [0.15, 0.2) is 0 Å². The number of hydrogen-bond donors (Lipinski definition) is 1. The van der Waals surface area contributed by atoms with Crippen molar-refractivity contribution in [2.45, 2.75) is 64.3 Å². The highest BCUT2D eigenvalue weighted by atomic mass is 14.9. The van der Waals surface area contributed by atoms with Crippen LogP contribution in [-0.2, 0) is 0 Å². The molecule has 1 heteroatoms. The molecule has 0 unspecified atom stereocenters. The number of unbranched alkanes of at least 4 members (excludes halogenated alkanes) is 4. The molecule has 0 aromatic rings. The van der Waals surface area contributed by atoms with E-state index < -0.39 is 0 Å². The molecule has 0 aromatic heterocycles. The van der Waals surface area contributed by atoms with E-state index in [0.29, 0.717) is 6.04 Å². The largest absolute Gasteiger partial charge is 0.311 e. The molecule has 0 spiro atoms. The molecule has 82 valence electrons. The van der Waals surface area contributed by atoms with Gasteiger partial charge in [-0.3, -0.25) is 0 Å². The molecule has 0 amide bonds. The molecule has 0 saturated carbocycles. The zero-order chi connectivity index (χ0) is 10.1. The van der Waals surface area contributed by atoms with Crippen LogP contribution in [0, 0.1) is 0 Å². The Kier molecular flexibility index (Phi) is 6.77. The third-order valence-corrected chi connectivity index (χ3v) is 2.94. The molecule has 0 saturated heterocycles. The summed E-state index contributed by atoms with van der Waals surface area (Å²) in [6.45, 7) is 3.48. The summed E-state index contributed by atoms with van der Waals surface area (Å²) >= 11 is 0. The fraction of sp³-hybridized carbons (Fsp3) is 0.846. The zero-order valence-corrected chi connectivity index (χ0v) is 9.60. The highest BCUT2D eigenvalue weighted by Gasteiger charge is 2.05. The highest BCUT2D eigenvalue weighted by Crippen LogP contribution is 2.10. The third-order valence-electron chi connectivity index (χ3n) is 2.94. The molecule has 0 aliphatic heterocycles. The molecule has 1 nitrogen and oxygen atoms in total. The first-order chi connectivity index (χ1) is 6.93. The Bertz CT molecular complexity index is 151. The van der Waals surface area contributed by atoms with Gasteiger partial charge in [-0.1, -0.05) is 44.8 Å². The molecule has 1 rings (SSSR count). The first-order valence-corrected chi connectivity index (χ1v) is 6.33. The predicted molar refractivity (Wildman–Crippen MR) is 63.5 cm³/mol. The van der Waals surface area contributed by atoms with Gasteiger partial charge in [-0.2, -0.15) is 0 Å². The van der Waals surface area contributed by atoms with Crippen molar-refractivity contribution in [2.24, 2.45) is 0 Å². The monoisotopic (exact) mass is 195 g/mol. The Morgan fingerprint density at radius 2 is 2.07 bits per heavy atom. The van der Waals surface area contributed by atoms with E-state index in [1.807, 2.05) is 0 Å². The molecule has 1 aliphatic rings. The van der Waals surface area contributed by atoms with Crippen LogP contribution in [0.3, 0.4) is 0 Å². The highest BCUT2D eigenvalue weighted by molar-refractivity contribution is 4.97. The Balaban J connectivity index is 1.88. The van der Waals surface area contributed by atoms with Gasteiger partial charge in [0.05, 0.1) is 0 Å². The standard InChI is InChI=1S/C13H25N/c1-2-3-4-5-9-12-14-13-10-7-6-8-11-13/h7,10,13-14H,2-6,8-9,11-12H2,1H3/t13-/m1/s1. The van der Waals surface area contributed by atoms with Crippen LogP contribution < -0.4 is 5.32 Å². The second-order valence-electron chi connectivity index (χ2n) is 4.33. The summed E-state index contributed by atoms with van der Waals surface area (Å²) in [4.78, 5) is 0. The number of rotatable bonds is 7. The van der Waals surface area contributed by atoms with E-state index in [4.69, 9.17) is 0 Å². The average Bonchev–Trinajstić information content (AvgIpc) is 2.25. The van der Waals surface area contributed by atoms with Crippen LogP contribution in [0.25, 0.3) is 0 Å². The van der Waals surface area contributed by atoms with Gasteiger partial charge in [-0.25, -0.2) is 0 Å². The normalized spacial score (nSPS) is 21.4. The Hall–Kier alpha value is -0.300. The van der Waals surface area contributed by atoms with Crippen LogP contribution in [0.4, 0.5) is 0 Å². The first-order valence-electron chi connectivity index (χ1n) is 6.33. The summed E-state index contributed by atoms with van der Waals surface area (Å²) in [7, 11) is 0. The lowest BCUT2D eigenvalue weighted by Crippen LogP contribution is -2.29. The zero-order valence-electron chi connectivity index (χ0n) is 9.60. The summed E-state index contributed by atoms with van der Waals surface area (Å²) in [5.41, 5.74) is 0. The minimum atomic E-state index is 0.676. The summed E-state index contributed by atoms with van der Waals surface area (Å²) in [6, 6.07) is 0.676. The van der Waals surface area contributed by atoms with Gasteiger partial charge in [-0.15, -0.1) is 0 Å². The van der Waals surface area contributed by atoms with E-state index in [1.165, 1.54) is 57.9 Å². The fourth-order valence-corrected chi connectivity index (χ4v) is 2.00. The molecule has 1 N–H and O–H groups in total. The van der Waals surface area contributed by atoms with Crippen molar-refractivity contribution in [3.8, 4) is 0 Å². The summed E-state index contributed by atoms with van der Waals surface area (Å²) in [5.74, 6) is 0. The third kappa shape index (κ3) is 5.43.